The van der Waals surface area contributed by atoms with Gasteiger partial charge in [0.05, 0.1) is 27.8 Å². The SMILES string of the molecule is COc1cc(CC(=O)NCC2CC2)cc(OC)c1OC. The van der Waals surface area contributed by atoms with Gasteiger partial charge >= 0.3 is 0 Å². The van der Waals surface area contributed by atoms with Gasteiger partial charge in [0.2, 0.25) is 11.7 Å². The Morgan fingerprint density at radius 2 is 1.75 bits per heavy atom. The molecule has 1 N–H and O–H groups in total. The van der Waals surface area contributed by atoms with Gasteiger partial charge in [0.15, 0.2) is 11.5 Å². The number of rotatable bonds is 7. The van der Waals surface area contributed by atoms with Crippen LogP contribution in [0, 0.1) is 5.92 Å². The highest BCUT2D eigenvalue weighted by atomic mass is 16.5. The predicted octanol–water partition coefficient (Wildman–Crippen LogP) is 1.78. The molecular weight excluding hydrogens is 258 g/mol. The fourth-order valence-electron chi connectivity index (χ4n) is 2.07. The molecule has 0 aliphatic heterocycles. The molecule has 20 heavy (non-hydrogen) atoms. The lowest BCUT2D eigenvalue weighted by molar-refractivity contribution is -0.120. The van der Waals surface area contributed by atoms with E-state index in [2.05, 4.69) is 5.32 Å². The van der Waals surface area contributed by atoms with E-state index in [1.807, 2.05) is 0 Å². The minimum absolute atomic E-state index is 0.0196. The van der Waals surface area contributed by atoms with Crippen LogP contribution in [0.3, 0.4) is 0 Å². The number of hydrogen-bond acceptors (Lipinski definition) is 4. The van der Waals surface area contributed by atoms with Gasteiger partial charge in [-0.05, 0) is 36.5 Å². The Bertz CT molecular complexity index is 458. The molecule has 2 rings (SSSR count). The monoisotopic (exact) mass is 279 g/mol. The summed E-state index contributed by atoms with van der Waals surface area (Å²) in [5.41, 5.74) is 0.841. The molecule has 1 aliphatic rings. The molecule has 1 aromatic carbocycles. The van der Waals surface area contributed by atoms with Gasteiger partial charge in [-0.1, -0.05) is 0 Å². The van der Waals surface area contributed by atoms with Gasteiger partial charge in [-0.3, -0.25) is 4.79 Å². The normalized spacial score (nSPS) is 13.8. The lowest BCUT2D eigenvalue weighted by Gasteiger charge is -2.14. The summed E-state index contributed by atoms with van der Waals surface area (Å²) in [6.45, 7) is 0.781. The van der Waals surface area contributed by atoms with E-state index in [4.69, 9.17) is 14.2 Å². The highest BCUT2D eigenvalue weighted by Gasteiger charge is 2.22. The zero-order valence-electron chi connectivity index (χ0n) is 12.2. The van der Waals surface area contributed by atoms with Crippen molar-refractivity contribution in [1.82, 2.24) is 5.32 Å². The van der Waals surface area contributed by atoms with Gasteiger partial charge in [0.1, 0.15) is 0 Å². The van der Waals surface area contributed by atoms with Crippen molar-refractivity contribution in [3.05, 3.63) is 17.7 Å². The van der Waals surface area contributed by atoms with Gasteiger partial charge in [0.25, 0.3) is 0 Å². The number of carbonyl (C=O) groups excluding carboxylic acids is 1. The van der Waals surface area contributed by atoms with E-state index in [9.17, 15) is 4.79 Å². The van der Waals surface area contributed by atoms with E-state index in [1.165, 1.54) is 12.8 Å². The second-order valence-electron chi connectivity index (χ2n) is 4.96. The molecule has 1 fully saturated rings. The molecule has 0 atom stereocenters. The molecule has 1 aliphatic carbocycles. The van der Waals surface area contributed by atoms with E-state index < -0.39 is 0 Å². The quantitative estimate of drug-likeness (QED) is 0.826. The first-order valence-electron chi connectivity index (χ1n) is 6.73. The molecule has 5 nitrogen and oxygen atoms in total. The summed E-state index contributed by atoms with van der Waals surface area (Å²) in [5, 5.41) is 2.94. The molecule has 1 aromatic rings. The van der Waals surface area contributed by atoms with Crippen molar-refractivity contribution in [3.63, 3.8) is 0 Å². The highest BCUT2D eigenvalue weighted by molar-refractivity contribution is 5.79. The van der Waals surface area contributed by atoms with Crippen LogP contribution >= 0.6 is 0 Å². The Hall–Kier alpha value is -1.91. The standard InChI is InChI=1S/C15H21NO4/c1-18-12-6-11(7-13(19-2)15(12)20-3)8-14(17)16-9-10-4-5-10/h6-7,10H,4-5,8-9H2,1-3H3,(H,16,17). The average molecular weight is 279 g/mol. The van der Waals surface area contributed by atoms with Crippen LogP contribution in [0.15, 0.2) is 12.1 Å². The van der Waals surface area contributed by atoms with Crippen LogP contribution in [0.25, 0.3) is 0 Å². The molecule has 0 spiro atoms. The Morgan fingerprint density at radius 1 is 1.15 bits per heavy atom. The van der Waals surface area contributed by atoms with Crippen molar-refractivity contribution in [2.75, 3.05) is 27.9 Å². The van der Waals surface area contributed by atoms with Crippen LogP contribution in [-0.4, -0.2) is 33.8 Å². The third-order valence-electron chi connectivity index (χ3n) is 3.37. The van der Waals surface area contributed by atoms with Gasteiger partial charge in [-0.25, -0.2) is 0 Å². The number of ether oxygens (including phenoxy) is 3. The Kier molecular flexibility index (Phi) is 4.71. The van der Waals surface area contributed by atoms with Crippen LogP contribution < -0.4 is 19.5 Å². The maximum atomic E-state index is 11.9. The zero-order valence-corrected chi connectivity index (χ0v) is 12.2. The Morgan fingerprint density at radius 3 is 2.20 bits per heavy atom. The number of amides is 1. The van der Waals surface area contributed by atoms with Crippen LogP contribution in [0.4, 0.5) is 0 Å². The summed E-state index contributed by atoms with van der Waals surface area (Å²) >= 11 is 0. The molecule has 0 bridgehead atoms. The van der Waals surface area contributed by atoms with E-state index >= 15 is 0 Å². The van der Waals surface area contributed by atoms with Gasteiger partial charge < -0.3 is 19.5 Å². The number of nitrogens with one attached hydrogen (secondary N) is 1. The molecule has 1 saturated carbocycles. The smallest absolute Gasteiger partial charge is 0.224 e. The summed E-state index contributed by atoms with van der Waals surface area (Å²) in [4.78, 5) is 11.9. The lowest BCUT2D eigenvalue weighted by atomic mass is 10.1. The van der Waals surface area contributed by atoms with Crippen molar-refractivity contribution in [2.24, 2.45) is 5.92 Å². The lowest BCUT2D eigenvalue weighted by Crippen LogP contribution is -2.27. The van der Waals surface area contributed by atoms with Crippen molar-refractivity contribution in [3.8, 4) is 17.2 Å². The minimum atomic E-state index is 0.0196. The number of carbonyl (C=O) groups is 1. The van der Waals surface area contributed by atoms with Crippen LogP contribution in [-0.2, 0) is 11.2 Å². The van der Waals surface area contributed by atoms with Crippen molar-refractivity contribution < 1.29 is 19.0 Å². The Labute approximate surface area is 119 Å². The van der Waals surface area contributed by atoms with E-state index in [-0.39, 0.29) is 5.91 Å². The second kappa shape index (κ2) is 6.50. The van der Waals surface area contributed by atoms with Gasteiger partial charge in [0, 0.05) is 6.54 Å². The van der Waals surface area contributed by atoms with Crippen molar-refractivity contribution in [1.29, 1.82) is 0 Å². The molecule has 110 valence electrons. The Balaban J connectivity index is 2.07. The molecule has 1 amide bonds. The summed E-state index contributed by atoms with van der Waals surface area (Å²) in [5.74, 6) is 2.37. The zero-order chi connectivity index (χ0) is 14.5. The minimum Gasteiger partial charge on any atom is -0.493 e. The molecule has 0 saturated heterocycles. The average Bonchev–Trinajstić information content (AvgIpc) is 3.28. The van der Waals surface area contributed by atoms with Crippen LogP contribution in [0.1, 0.15) is 18.4 Å². The maximum absolute atomic E-state index is 11.9. The third kappa shape index (κ3) is 3.56. The summed E-state index contributed by atoms with van der Waals surface area (Å²) in [6, 6.07) is 3.61. The predicted molar refractivity (Wildman–Crippen MR) is 75.5 cm³/mol. The molecule has 0 aromatic heterocycles. The fourth-order valence-corrected chi connectivity index (χ4v) is 2.07. The molecule has 0 unspecified atom stereocenters. The maximum Gasteiger partial charge on any atom is 0.224 e. The summed E-state index contributed by atoms with van der Waals surface area (Å²) in [7, 11) is 4.69. The van der Waals surface area contributed by atoms with Crippen LogP contribution in [0.5, 0.6) is 17.2 Å². The van der Waals surface area contributed by atoms with E-state index in [0.717, 1.165) is 12.1 Å². The summed E-state index contributed by atoms with van der Waals surface area (Å²) in [6.07, 6.45) is 2.76. The van der Waals surface area contributed by atoms with Gasteiger partial charge in [-0.2, -0.15) is 0 Å². The number of benzene rings is 1. The third-order valence-corrected chi connectivity index (χ3v) is 3.37. The molecular formula is C15H21NO4. The molecule has 0 radical (unpaired) electrons. The van der Waals surface area contributed by atoms with Crippen molar-refractivity contribution >= 4 is 5.91 Å². The first-order chi connectivity index (χ1) is 9.67. The van der Waals surface area contributed by atoms with Crippen LogP contribution in [0.2, 0.25) is 0 Å². The fraction of sp³-hybridized carbons (Fsp3) is 0.533. The van der Waals surface area contributed by atoms with Crippen molar-refractivity contribution in [2.45, 2.75) is 19.3 Å². The first-order valence-corrected chi connectivity index (χ1v) is 6.73. The number of methoxy groups -OCH3 is 3. The topological polar surface area (TPSA) is 56.8 Å². The molecule has 0 heterocycles. The number of hydrogen-bond donors (Lipinski definition) is 1. The van der Waals surface area contributed by atoms with E-state index in [0.29, 0.717) is 29.6 Å². The van der Waals surface area contributed by atoms with E-state index in [1.54, 1.807) is 33.5 Å². The second-order valence-corrected chi connectivity index (χ2v) is 4.96. The largest absolute Gasteiger partial charge is 0.493 e. The van der Waals surface area contributed by atoms with Gasteiger partial charge in [-0.15, -0.1) is 0 Å². The highest BCUT2D eigenvalue weighted by Crippen LogP contribution is 2.38. The molecule has 5 heteroatoms. The first kappa shape index (κ1) is 14.5. The summed E-state index contributed by atoms with van der Waals surface area (Å²) < 4.78 is 15.8.